The lowest BCUT2D eigenvalue weighted by Gasteiger charge is -2.10. The van der Waals surface area contributed by atoms with Crippen molar-refractivity contribution in [2.45, 2.75) is 19.5 Å². The van der Waals surface area contributed by atoms with E-state index in [-0.39, 0.29) is 47.0 Å². The van der Waals surface area contributed by atoms with Gasteiger partial charge in [0, 0.05) is 11.1 Å². The van der Waals surface area contributed by atoms with Crippen molar-refractivity contribution in [1.29, 1.82) is 0 Å². The third-order valence-corrected chi connectivity index (χ3v) is 4.62. The average Bonchev–Trinajstić information content (AvgIpc) is 3.01. The Labute approximate surface area is 197 Å². The van der Waals surface area contributed by atoms with E-state index in [1.165, 1.54) is 13.0 Å². The summed E-state index contributed by atoms with van der Waals surface area (Å²) in [4.78, 5) is 34.5. The minimum Gasteiger partial charge on any atom is -0.330 e. The van der Waals surface area contributed by atoms with E-state index in [9.17, 15) is 27.2 Å². The number of hydrogen-bond donors (Lipinski definition) is 3. The summed E-state index contributed by atoms with van der Waals surface area (Å²) in [6.07, 6.45) is -4.97. The minimum atomic E-state index is -4.51. The average molecular weight is 505 g/mol. The Morgan fingerprint density at radius 3 is 2.38 bits per heavy atom. The predicted octanol–water partition coefficient (Wildman–Crippen LogP) is 5.44. The number of hydrogen-bond acceptors (Lipinski definition) is 5. The van der Waals surface area contributed by atoms with Crippen molar-refractivity contribution in [3.8, 4) is 0 Å². The number of halogens is 5. The lowest BCUT2D eigenvalue weighted by atomic mass is 10.2. The van der Waals surface area contributed by atoms with Gasteiger partial charge in [-0.15, -0.1) is 12.4 Å². The fourth-order valence-electron chi connectivity index (χ4n) is 3.07. The zero-order valence-corrected chi connectivity index (χ0v) is 18.6. The molecule has 2 aromatic carbocycles. The molecule has 184 valence electrons. The second-order valence-electron chi connectivity index (χ2n) is 6.92. The van der Waals surface area contributed by atoms with Crippen molar-refractivity contribution < 1.29 is 36.9 Å². The van der Waals surface area contributed by atoms with Gasteiger partial charge in [0.25, 0.3) is 0 Å². The summed E-state index contributed by atoms with van der Waals surface area (Å²) < 4.78 is 53.1. The van der Waals surface area contributed by atoms with E-state index < -0.39 is 29.7 Å². The van der Waals surface area contributed by atoms with Crippen LogP contribution in [0.4, 0.5) is 38.5 Å². The van der Waals surface area contributed by atoms with Crippen molar-refractivity contribution in [2.24, 2.45) is 5.73 Å². The first-order valence-corrected chi connectivity index (χ1v) is 9.71. The molecule has 0 unspecified atom stereocenters. The van der Waals surface area contributed by atoms with E-state index in [0.717, 1.165) is 41.0 Å². The molecule has 4 N–H and O–H groups in total. The van der Waals surface area contributed by atoms with Gasteiger partial charge in [-0.1, -0.05) is 0 Å². The molecule has 2 amide bonds. The zero-order chi connectivity index (χ0) is 24.2. The molecule has 1 aromatic heterocycles. The number of benzene rings is 2. The first-order chi connectivity index (χ1) is 15.6. The van der Waals surface area contributed by atoms with Gasteiger partial charge in [-0.2, -0.15) is 18.1 Å². The molecule has 13 heteroatoms. The molecule has 0 atom stereocenters. The second-order valence-corrected chi connectivity index (χ2v) is 6.92. The van der Waals surface area contributed by atoms with Crippen LogP contribution in [-0.4, -0.2) is 29.8 Å². The topological polar surface area (TPSA) is 108 Å². The number of aromatic nitrogens is 1. The molecule has 0 saturated heterocycles. The molecule has 3 rings (SSSR count). The van der Waals surface area contributed by atoms with Crippen LogP contribution < -0.4 is 16.4 Å². The van der Waals surface area contributed by atoms with Gasteiger partial charge >= 0.3 is 18.3 Å². The molecule has 8 nitrogen and oxygen atoms in total. The van der Waals surface area contributed by atoms with Crippen LogP contribution in [-0.2, 0) is 16.0 Å². The van der Waals surface area contributed by atoms with Gasteiger partial charge in [0.2, 0.25) is 0 Å². The van der Waals surface area contributed by atoms with Crippen LogP contribution in [0.15, 0.2) is 42.5 Å². The molecule has 0 aliphatic heterocycles. The largest absolute Gasteiger partial charge is 0.450 e. The molecule has 3 aromatic rings. The second kappa shape index (κ2) is 11.2. The van der Waals surface area contributed by atoms with Gasteiger partial charge in [-0.25, -0.2) is 18.5 Å². The first kappa shape index (κ1) is 26.9. The normalized spacial score (nSPS) is 11.1. The Balaban J connectivity index is 0.00000408. The summed E-state index contributed by atoms with van der Waals surface area (Å²) in [5.41, 5.74) is 5.14. The maximum absolute atomic E-state index is 13.9. The Hall–Kier alpha value is -3.35. The van der Waals surface area contributed by atoms with E-state index >= 15 is 0 Å². The van der Waals surface area contributed by atoms with Crippen LogP contribution in [0.1, 0.15) is 17.7 Å². The van der Waals surface area contributed by atoms with Crippen LogP contribution in [0.25, 0.3) is 10.9 Å². The molecule has 34 heavy (non-hydrogen) atoms. The molecular weight excluding hydrogens is 484 g/mol. The summed E-state index contributed by atoms with van der Waals surface area (Å²) in [6.45, 7) is 1.91. The number of amides is 2. The van der Waals surface area contributed by atoms with Crippen molar-refractivity contribution >= 4 is 46.8 Å². The molecule has 0 bridgehead atoms. The molecule has 0 spiro atoms. The van der Waals surface area contributed by atoms with E-state index in [1.807, 2.05) is 0 Å². The molecule has 0 saturated carbocycles. The zero-order valence-electron chi connectivity index (χ0n) is 17.7. The van der Waals surface area contributed by atoms with Crippen molar-refractivity contribution in [3.63, 3.8) is 0 Å². The summed E-state index contributed by atoms with van der Waals surface area (Å²) in [6, 6.07) is 6.60. The summed E-state index contributed by atoms with van der Waals surface area (Å²) >= 11 is 0. The third kappa shape index (κ3) is 6.16. The Kier molecular flexibility index (Phi) is 8.85. The minimum absolute atomic E-state index is 0. The van der Waals surface area contributed by atoms with Crippen LogP contribution in [0.3, 0.4) is 0 Å². The highest BCUT2D eigenvalue weighted by atomic mass is 35.5. The number of nitrogens with zero attached hydrogens (tertiary/aromatic N) is 1. The number of fused-ring (bicyclic) bond motifs is 1. The Morgan fingerprint density at radius 2 is 1.76 bits per heavy atom. The van der Waals surface area contributed by atoms with E-state index in [4.69, 9.17) is 15.5 Å². The van der Waals surface area contributed by atoms with Crippen molar-refractivity contribution in [3.05, 3.63) is 59.5 Å². The van der Waals surface area contributed by atoms with E-state index in [0.29, 0.717) is 13.0 Å². The molecular formula is C21H21ClF4N4O4. The van der Waals surface area contributed by atoms with Crippen molar-refractivity contribution in [2.75, 3.05) is 23.8 Å². The fraction of sp³-hybridized carbons (Fsp3) is 0.238. The predicted molar refractivity (Wildman–Crippen MR) is 119 cm³/mol. The van der Waals surface area contributed by atoms with E-state index in [1.54, 1.807) is 0 Å². The van der Waals surface area contributed by atoms with Crippen LogP contribution in [0.2, 0.25) is 0 Å². The standard InChI is InChI=1S/C21H20F4N4O4.ClH/c1-12-18(28-19(30)27-15-6-3-13(4-7-15)21(23,24)25)16-11-14(22)5-8-17(16)29(12)20(31)33-32-10-2-9-26;/h3-8,11H,2,9-10,26H2,1H3,(H2,27,28,30);1H. The molecule has 0 fully saturated rings. The highest BCUT2D eigenvalue weighted by molar-refractivity contribution is 6.09. The number of rotatable bonds is 6. The van der Waals surface area contributed by atoms with Crippen LogP contribution in [0, 0.1) is 12.7 Å². The van der Waals surface area contributed by atoms with E-state index in [2.05, 4.69) is 10.6 Å². The first-order valence-electron chi connectivity index (χ1n) is 9.71. The smallest absolute Gasteiger partial charge is 0.330 e. The number of anilines is 2. The maximum atomic E-state index is 13.9. The monoisotopic (exact) mass is 504 g/mol. The highest BCUT2D eigenvalue weighted by Crippen LogP contribution is 2.32. The fourth-order valence-corrected chi connectivity index (χ4v) is 3.07. The Bertz CT molecular complexity index is 1170. The summed E-state index contributed by atoms with van der Waals surface area (Å²) in [7, 11) is 0. The van der Waals surface area contributed by atoms with Gasteiger partial charge in [-0.3, -0.25) is 4.89 Å². The third-order valence-electron chi connectivity index (χ3n) is 4.62. The highest BCUT2D eigenvalue weighted by Gasteiger charge is 2.30. The number of nitrogens with one attached hydrogen (secondary N) is 2. The number of urea groups is 1. The molecule has 0 aliphatic carbocycles. The summed E-state index contributed by atoms with van der Waals surface area (Å²) in [5.74, 6) is -0.613. The van der Waals surface area contributed by atoms with Crippen LogP contribution >= 0.6 is 12.4 Å². The van der Waals surface area contributed by atoms with Gasteiger partial charge in [0.05, 0.1) is 29.1 Å². The van der Waals surface area contributed by atoms with Gasteiger partial charge in [0.15, 0.2) is 0 Å². The lowest BCUT2D eigenvalue weighted by Crippen LogP contribution is -2.21. The lowest BCUT2D eigenvalue weighted by molar-refractivity contribution is -0.238. The SMILES string of the molecule is Cc1c(NC(=O)Nc2ccc(C(F)(F)F)cc2)c2cc(F)ccc2n1C(=O)OOCCCN.Cl. The maximum Gasteiger partial charge on any atom is 0.450 e. The Morgan fingerprint density at radius 1 is 1.09 bits per heavy atom. The molecule has 1 heterocycles. The number of carbonyl (C=O) groups excluding carboxylic acids is 2. The van der Waals surface area contributed by atoms with Crippen LogP contribution in [0.5, 0.6) is 0 Å². The van der Waals surface area contributed by atoms with Gasteiger partial charge in [0.1, 0.15) is 5.82 Å². The van der Waals surface area contributed by atoms with Gasteiger partial charge in [-0.05, 0) is 62.4 Å². The van der Waals surface area contributed by atoms with Gasteiger partial charge < -0.3 is 16.4 Å². The quantitative estimate of drug-likeness (QED) is 0.179. The number of carbonyl (C=O) groups is 2. The van der Waals surface area contributed by atoms with Crippen molar-refractivity contribution in [1.82, 2.24) is 4.57 Å². The molecule has 0 aliphatic rings. The number of alkyl halides is 3. The summed E-state index contributed by atoms with van der Waals surface area (Å²) in [5, 5.41) is 5.09. The number of nitrogens with two attached hydrogens (primary N) is 1. The molecule has 0 radical (unpaired) electrons.